The Morgan fingerprint density at radius 1 is 1.21 bits per heavy atom. The number of carbonyl (C=O) groups excluding carboxylic acids is 1. The number of rotatable bonds is 7. The monoisotopic (exact) mass is 399 g/mol. The highest BCUT2D eigenvalue weighted by Gasteiger charge is 2.29. The Labute approximate surface area is 171 Å². The average Bonchev–Trinajstić information content (AvgIpc) is 2.67. The maximum atomic E-state index is 11.6. The number of hydrogen-bond donors (Lipinski definition) is 4. The van der Waals surface area contributed by atoms with Crippen LogP contribution in [0.1, 0.15) is 31.1 Å². The topological polar surface area (TPSA) is 94.1 Å². The third-order valence-corrected chi connectivity index (χ3v) is 4.99. The second kappa shape index (κ2) is 8.41. The summed E-state index contributed by atoms with van der Waals surface area (Å²) in [6.07, 6.45) is -1.64. The van der Waals surface area contributed by atoms with Gasteiger partial charge in [-0.25, -0.2) is 0 Å². The maximum Gasteiger partial charge on any atom is 0.293 e. The zero-order chi connectivity index (χ0) is 21.2. The van der Waals surface area contributed by atoms with Gasteiger partial charge in [-0.3, -0.25) is 4.79 Å². The van der Waals surface area contributed by atoms with Crippen LogP contribution in [0.25, 0.3) is 0 Å². The first-order chi connectivity index (χ1) is 13.7. The van der Waals surface area contributed by atoms with Gasteiger partial charge in [-0.15, -0.1) is 0 Å². The van der Waals surface area contributed by atoms with Crippen LogP contribution in [-0.4, -0.2) is 48.6 Å². The van der Waals surface area contributed by atoms with Gasteiger partial charge in [-0.05, 0) is 44.0 Å². The number of para-hydroxylation sites is 1. The molecule has 7 heteroatoms. The number of aliphatic hydroxyl groups excluding tert-OH is 2. The molecule has 1 heterocycles. The fourth-order valence-electron chi connectivity index (χ4n) is 3.37. The lowest BCUT2D eigenvalue weighted by molar-refractivity contribution is -0.139. The number of fused-ring (bicyclic) bond motifs is 1. The lowest BCUT2D eigenvalue weighted by atomic mass is 9.94. The number of nitrogens with one attached hydrogen (secondary N) is 2. The Hall–Kier alpha value is -2.61. The summed E-state index contributed by atoms with van der Waals surface area (Å²) in [5, 5.41) is 26.4. The number of amides is 1. The van der Waals surface area contributed by atoms with Crippen LogP contribution in [0.3, 0.4) is 0 Å². The summed E-state index contributed by atoms with van der Waals surface area (Å²) in [4.78, 5) is 13.6. The van der Waals surface area contributed by atoms with Crippen LogP contribution in [0.2, 0.25) is 0 Å². The van der Waals surface area contributed by atoms with Crippen molar-refractivity contribution in [1.82, 2.24) is 5.32 Å². The highest BCUT2D eigenvalue weighted by atomic mass is 16.6. The van der Waals surface area contributed by atoms with Gasteiger partial charge in [0, 0.05) is 37.4 Å². The summed E-state index contributed by atoms with van der Waals surface area (Å²) in [6, 6.07) is 13.5. The van der Waals surface area contributed by atoms with Crippen molar-refractivity contribution >= 4 is 17.3 Å². The van der Waals surface area contributed by atoms with Gasteiger partial charge in [0.25, 0.3) is 12.2 Å². The van der Waals surface area contributed by atoms with Gasteiger partial charge >= 0.3 is 0 Å². The van der Waals surface area contributed by atoms with Crippen molar-refractivity contribution in [3.63, 3.8) is 0 Å². The van der Waals surface area contributed by atoms with Crippen LogP contribution in [0.15, 0.2) is 42.5 Å². The molecule has 2 aromatic carbocycles. The van der Waals surface area contributed by atoms with Gasteiger partial charge in [-0.1, -0.05) is 24.3 Å². The summed E-state index contributed by atoms with van der Waals surface area (Å²) in [5.74, 6) is -0.324. The Kier molecular flexibility index (Phi) is 6.12. The third kappa shape index (κ3) is 5.06. The van der Waals surface area contributed by atoms with Crippen LogP contribution in [0, 0.1) is 0 Å². The van der Waals surface area contributed by atoms with E-state index in [0.717, 1.165) is 12.1 Å². The molecule has 7 nitrogen and oxygen atoms in total. The molecule has 0 spiro atoms. The standard InChI is InChI=1S/C22H29N3O4/c1-22(2,12-14-8-10-15(11-9-14)25(3)4)23-13-18(26)16-6-5-7-17-19(16)29-21(28)20(27)24-17/h5-11,18,21,23,26,28H,12-13H2,1-4H3,(H,24,27). The van der Waals surface area contributed by atoms with Crippen LogP contribution >= 0.6 is 0 Å². The predicted octanol–water partition coefficient (Wildman–Crippen LogP) is 2.05. The van der Waals surface area contributed by atoms with Gasteiger partial charge in [0.1, 0.15) is 0 Å². The van der Waals surface area contributed by atoms with Gasteiger partial charge in [0.05, 0.1) is 11.8 Å². The molecule has 1 amide bonds. The smallest absolute Gasteiger partial charge is 0.293 e. The fourth-order valence-corrected chi connectivity index (χ4v) is 3.37. The maximum absolute atomic E-state index is 11.6. The molecule has 2 aromatic rings. The Morgan fingerprint density at radius 2 is 1.90 bits per heavy atom. The van der Waals surface area contributed by atoms with Crippen molar-refractivity contribution in [2.24, 2.45) is 0 Å². The molecule has 4 N–H and O–H groups in total. The Morgan fingerprint density at radius 3 is 2.55 bits per heavy atom. The second-order valence-corrected chi connectivity index (χ2v) is 8.20. The van der Waals surface area contributed by atoms with E-state index in [4.69, 9.17) is 4.74 Å². The lowest BCUT2D eigenvalue weighted by Gasteiger charge is -2.30. The SMILES string of the molecule is CN(C)c1ccc(CC(C)(C)NCC(O)c2cccc3c2OC(O)C(=O)N3)cc1. The van der Waals surface area contributed by atoms with E-state index in [9.17, 15) is 15.0 Å². The van der Waals surface area contributed by atoms with E-state index in [1.807, 2.05) is 14.1 Å². The fraction of sp³-hybridized carbons (Fsp3) is 0.409. The predicted molar refractivity (Wildman–Crippen MR) is 113 cm³/mol. The summed E-state index contributed by atoms with van der Waals surface area (Å²) in [7, 11) is 4.02. The number of hydrogen-bond acceptors (Lipinski definition) is 6. The summed E-state index contributed by atoms with van der Waals surface area (Å²) < 4.78 is 5.31. The van der Waals surface area contributed by atoms with Gasteiger partial charge in [0.2, 0.25) is 0 Å². The van der Waals surface area contributed by atoms with E-state index in [1.165, 1.54) is 5.56 Å². The van der Waals surface area contributed by atoms with Crippen molar-refractivity contribution in [3.8, 4) is 5.75 Å². The molecular formula is C22H29N3O4. The molecule has 0 saturated heterocycles. The lowest BCUT2D eigenvalue weighted by Crippen LogP contribution is -2.43. The van der Waals surface area contributed by atoms with E-state index in [0.29, 0.717) is 23.5 Å². The van der Waals surface area contributed by atoms with Crippen molar-refractivity contribution in [2.45, 2.75) is 38.2 Å². The summed E-state index contributed by atoms with van der Waals surface area (Å²) in [6.45, 7) is 4.47. The number of nitrogens with zero attached hydrogens (tertiary/aromatic N) is 1. The number of anilines is 2. The molecular weight excluding hydrogens is 370 g/mol. The van der Waals surface area contributed by atoms with Crippen molar-refractivity contribution in [2.75, 3.05) is 30.9 Å². The van der Waals surface area contributed by atoms with Crippen LogP contribution < -0.4 is 20.3 Å². The summed E-state index contributed by atoms with van der Waals surface area (Å²) >= 11 is 0. The van der Waals surface area contributed by atoms with Crippen LogP contribution in [0.5, 0.6) is 5.75 Å². The third-order valence-electron chi connectivity index (χ3n) is 4.99. The molecule has 29 heavy (non-hydrogen) atoms. The highest BCUT2D eigenvalue weighted by Crippen LogP contribution is 2.36. The molecule has 3 rings (SSSR count). The van der Waals surface area contributed by atoms with Gasteiger partial charge in [-0.2, -0.15) is 0 Å². The Balaban J connectivity index is 1.65. The van der Waals surface area contributed by atoms with Crippen molar-refractivity contribution in [3.05, 3.63) is 53.6 Å². The van der Waals surface area contributed by atoms with Gasteiger partial charge in [0.15, 0.2) is 5.75 Å². The van der Waals surface area contributed by atoms with E-state index >= 15 is 0 Å². The molecule has 2 atom stereocenters. The molecule has 0 saturated carbocycles. The largest absolute Gasteiger partial charge is 0.453 e. The Bertz CT molecular complexity index is 865. The van der Waals surface area contributed by atoms with E-state index in [-0.39, 0.29) is 5.54 Å². The molecule has 0 aliphatic carbocycles. The normalized spacial score (nSPS) is 17.2. The first-order valence-electron chi connectivity index (χ1n) is 9.64. The molecule has 0 bridgehead atoms. The van der Waals surface area contributed by atoms with Crippen LogP contribution in [0.4, 0.5) is 11.4 Å². The van der Waals surface area contributed by atoms with Crippen LogP contribution in [-0.2, 0) is 11.2 Å². The molecule has 0 radical (unpaired) electrons. The molecule has 1 aliphatic heterocycles. The first-order valence-corrected chi connectivity index (χ1v) is 9.64. The number of aliphatic hydroxyl groups is 2. The average molecular weight is 399 g/mol. The zero-order valence-electron chi connectivity index (χ0n) is 17.3. The molecule has 156 valence electrons. The van der Waals surface area contributed by atoms with E-state index in [2.05, 4.69) is 53.6 Å². The highest BCUT2D eigenvalue weighted by molar-refractivity contribution is 5.97. The minimum Gasteiger partial charge on any atom is -0.453 e. The number of β-amino-alcohol motifs (C(OH)–C–C–N with tert-alkyl or cyclic N) is 1. The number of benzene rings is 2. The van der Waals surface area contributed by atoms with Crippen molar-refractivity contribution < 1.29 is 19.7 Å². The minimum absolute atomic E-state index is 0.246. The molecule has 2 unspecified atom stereocenters. The first kappa shape index (κ1) is 21.1. The number of carbonyl (C=O) groups is 1. The minimum atomic E-state index is -1.58. The van der Waals surface area contributed by atoms with E-state index in [1.54, 1.807) is 18.2 Å². The molecule has 1 aliphatic rings. The summed E-state index contributed by atoms with van der Waals surface area (Å²) in [5.41, 5.74) is 3.06. The quantitative estimate of drug-likeness (QED) is 0.569. The van der Waals surface area contributed by atoms with Crippen molar-refractivity contribution in [1.29, 1.82) is 0 Å². The zero-order valence-corrected chi connectivity index (χ0v) is 17.3. The molecule has 0 fully saturated rings. The second-order valence-electron chi connectivity index (χ2n) is 8.20. The molecule has 0 aromatic heterocycles. The number of ether oxygens (including phenoxy) is 1. The van der Waals surface area contributed by atoms with E-state index < -0.39 is 18.3 Å². The van der Waals surface area contributed by atoms with Gasteiger partial charge < -0.3 is 30.5 Å².